The Kier molecular flexibility index (Phi) is 4.33. The molecule has 96 valence electrons. The molecule has 1 aliphatic rings. The number of rotatable bonds is 5. The molecule has 6 heteroatoms. The summed E-state index contributed by atoms with van der Waals surface area (Å²) in [5.41, 5.74) is 0. The van der Waals surface area contributed by atoms with Gasteiger partial charge in [0.15, 0.2) is 0 Å². The Hall–Kier alpha value is -1.14. The van der Waals surface area contributed by atoms with Crippen molar-refractivity contribution < 1.29 is 9.15 Å². The van der Waals surface area contributed by atoms with E-state index in [0.29, 0.717) is 11.9 Å². The average molecular weight is 240 g/mol. The maximum atomic E-state index is 5.67. The zero-order valence-electron chi connectivity index (χ0n) is 10.5. The van der Waals surface area contributed by atoms with E-state index in [9.17, 15) is 0 Å². The fourth-order valence-corrected chi connectivity index (χ4v) is 1.73. The highest BCUT2D eigenvalue weighted by molar-refractivity contribution is 5.24. The number of ether oxygens (including phenoxy) is 1. The summed E-state index contributed by atoms with van der Waals surface area (Å²) in [4.78, 5) is 2.06. The van der Waals surface area contributed by atoms with E-state index in [4.69, 9.17) is 9.15 Å². The lowest BCUT2D eigenvalue weighted by Gasteiger charge is -2.24. The summed E-state index contributed by atoms with van der Waals surface area (Å²) in [6, 6.07) is 0.714. The molecule has 1 aliphatic heterocycles. The fraction of sp³-hybridized carbons (Fsp3) is 0.818. The molecule has 1 aromatic heterocycles. The first-order valence-corrected chi connectivity index (χ1v) is 6.20. The molecule has 0 aromatic carbocycles. The molecule has 6 nitrogen and oxygen atoms in total. The van der Waals surface area contributed by atoms with Crippen LogP contribution < -0.4 is 10.2 Å². The molecule has 0 amide bonds. The number of nitrogens with one attached hydrogen (secondary N) is 1. The van der Waals surface area contributed by atoms with Crippen LogP contribution in [0.5, 0.6) is 0 Å². The van der Waals surface area contributed by atoms with Gasteiger partial charge >= 0.3 is 6.01 Å². The molecule has 2 heterocycles. The summed E-state index contributed by atoms with van der Waals surface area (Å²) in [6.45, 7) is 8.20. The van der Waals surface area contributed by atoms with Crippen molar-refractivity contribution in [3.8, 4) is 0 Å². The molecule has 0 bridgehead atoms. The van der Waals surface area contributed by atoms with E-state index in [2.05, 4.69) is 27.3 Å². The lowest BCUT2D eigenvalue weighted by molar-refractivity contribution is 0.120. The molecule has 1 unspecified atom stereocenters. The molecular formula is C11H20N4O2. The van der Waals surface area contributed by atoms with E-state index >= 15 is 0 Å². The first-order chi connectivity index (χ1) is 8.31. The number of hydrogen-bond donors (Lipinski definition) is 1. The van der Waals surface area contributed by atoms with E-state index in [1.54, 1.807) is 0 Å². The SMILES string of the molecule is CCCNC(C)c1nnc(N2CCOCC2)o1. The minimum atomic E-state index is 0.109. The second-order valence-corrected chi connectivity index (χ2v) is 4.20. The van der Waals surface area contributed by atoms with Crippen LogP contribution in [-0.2, 0) is 4.74 Å². The molecule has 2 rings (SSSR count). The Bertz CT molecular complexity index is 336. The Labute approximate surface area is 101 Å². The van der Waals surface area contributed by atoms with Crippen molar-refractivity contribution in [3.63, 3.8) is 0 Å². The van der Waals surface area contributed by atoms with Crippen LogP contribution in [0.4, 0.5) is 6.01 Å². The van der Waals surface area contributed by atoms with E-state index in [1.165, 1.54) is 0 Å². The second kappa shape index (κ2) is 5.97. The van der Waals surface area contributed by atoms with Crippen LogP contribution in [0.3, 0.4) is 0 Å². The topological polar surface area (TPSA) is 63.4 Å². The zero-order chi connectivity index (χ0) is 12.1. The predicted molar refractivity (Wildman–Crippen MR) is 64.0 cm³/mol. The van der Waals surface area contributed by atoms with Gasteiger partial charge in [-0.2, -0.15) is 0 Å². The minimum absolute atomic E-state index is 0.109. The van der Waals surface area contributed by atoms with E-state index in [-0.39, 0.29) is 6.04 Å². The van der Waals surface area contributed by atoms with Gasteiger partial charge in [-0.05, 0) is 19.9 Å². The standard InChI is InChI=1S/C11H20N4O2/c1-3-4-12-9(2)10-13-14-11(17-10)15-5-7-16-8-6-15/h9,12H,3-8H2,1-2H3. The first-order valence-electron chi connectivity index (χ1n) is 6.20. The number of morpholine rings is 1. The van der Waals surface area contributed by atoms with E-state index in [0.717, 1.165) is 39.3 Å². The van der Waals surface area contributed by atoms with Gasteiger partial charge in [0, 0.05) is 13.1 Å². The monoisotopic (exact) mass is 240 g/mol. The molecule has 0 saturated carbocycles. The highest BCUT2D eigenvalue weighted by Crippen LogP contribution is 2.17. The smallest absolute Gasteiger partial charge is 0.318 e. The van der Waals surface area contributed by atoms with Crippen molar-refractivity contribution in [3.05, 3.63) is 5.89 Å². The number of anilines is 1. The van der Waals surface area contributed by atoms with Crippen molar-refractivity contribution in [2.24, 2.45) is 0 Å². The van der Waals surface area contributed by atoms with Crippen molar-refractivity contribution in [1.82, 2.24) is 15.5 Å². The molecule has 1 saturated heterocycles. The van der Waals surface area contributed by atoms with Gasteiger partial charge in [-0.15, -0.1) is 5.10 Å². The normalized spacial score (nSPS) is 18.4. The number of nitrogens with zero attached hydrogens (tertiary/aromatic N) is 3. The van der Waals surface area contributed by atoms with Gasteiger partial charge in [-0.25, -0.2) is 0 Å². The van der Waals surface area contributed by atoms with Gasteiger partial charge in [-0.3, -0.25) is 0 Å². The maximum Gasteiger partial charge on any atom is 0.318 e. The van der Waals surface area contributed by atoms with Crippen molar-refractivity contribution in [2.45, 2.75) is 26.3 Å². The summed E-state index contributed by atoms with van der Waals surface area (Å²) in [7, 11) is 0. The summed E-state index contributed by atoms with van der Waals surface area (Å²) in [5.74, 6) is 0.653. The van der Waals surface area contributed by atoms with Crippen LogP contribution >= 0.6 is 0 Å². The Morgan fingerprint density at radius 3 is 2.82 bits per heavy atom. The van der Waals surface area contributed by atoms with Gasteiger partial charge in [0.1, 0.15) is 0 Å². The molecule has 1 fully saturated rings. The molecular weight excluding hydrogens is 220 g/mol. The molecule has 17 heavy (non-hydrogen) atoms. The third kappa shape index (κ3) is 3.17. The van der Waals surface area contributed by atoms with Gasteiger partial charge in [0.25, 0.3) is 0 Å². The van der Waals surface area contributed by atoms with Crippen LogP contribution in [-0.4, -0.2) is 43.0 Å². The Balaban J connectivity index is 1.94. The molecule has 1 aromatic rings. The third-order valence-electron chi connectivity index (χ3n) is 2.78. The lowest BCUT2D eigenvalue weighted by atomic mass is 10.3. The summed E-state index contributed by atoms with van der Waals surface area (Å²) in [6.07, 6.45) is 1.09. The first kappa shape index (κ1) is 12.3. The Morgan fingerprint density at radius 1 is 1.35 bits per heavy atom. The average Bonchev–Trinajstić information content (AvgIpc) is 2.86. The van der Waals surface area contributed by atoms with Crippen molar-refractivity contribution in [1.29, 1.82) is 0 Å². The number of hydrogen-bond acceptors (Lipinski definition) is 6. The van der Waals surface area contributed by atoms with Gasteiger partial charge in [0.05, 0.1) is 19.3 Å². The Morgan fingerprint density at radius 2 is 2.12 bits per heavy atom. The minimum Gasteiger partial charge on any atom is -0.406 e. The quantitative estimate of drug-likeness (QED) is 0.827. The van der Waals surface area contributed by atoms with Crippen molar-refractivity contribution >= 4 is 6.01 Å². The van der Waals surface area contributed by atoms with Gasteiger partial charge in [-0.1, -0.05) is 12.0 Å². The molecule has 0 radical (unpaired) electrons. The third-order valence-corrected chi connectivity index (χ3v) is 2.78. The van der Waals surface area contributed by atoms with Crippen LogP contribution in [0.2, 0.25) is 0 Å². The maximum absolute atomic E-state index is 5.67. The summed E-state index contributed by atoms with van der Waals surface area (Å²) < 4.78 is 11.0. The van der Waals surface area contributed by atoms with Gasteiger partial charge < -0.3 is 19.4 Å². The zero-order valence-corrected chi connectivity index (χ0v) is 10.5. The van der Waals surface area contributed by atoms with E-state index in [1.807, 2.05) is 6.92 Å². The van der Waals surface area contributed by atoms with Crippen LogP contribution in [0.1, 0.15) is 32.2 Å². The largest absolute Gasteiger partial charge is 0.406 e. The molecule has 1 N–H and O–H groups in total. The molecule has 0 spiro atoms. The summed E-state index contributed by atoms with van der Waals surface area (Å²) in [5, 5.41) is 11.5. The number of aromatic nitrogens is 2. The molecule has 0 aliphatic carbocycles. The van der Waals surface area contributed by atoms with Crippen LogP contribution in [0.15, 0.2) is 4.42 Å². The van der Waals surface area contributed by atoms with Crippen molar-refractivity contribution in [2.75, 3.05) is 37.7 Å². The fourth-order valence-electron chi connectivity index (χ4n) is 1.73. The van der Waals surface area contributed by atoms with Crippen LogP contribution in [0.25, 0.3) is 0 Å². The van der Waals surface area contributed by atoms with Crippen LogP contribution in [0, 0.1) is 0 Å². The highest BCUT2D eigenvalue weighted by Gasteiger charge is 2.19. The van der Waals surface area contributed by atoms with E-state index < -0.39 is 0 Å². The lowest BCUT2D eigenvalue weighted by Crippen LogP contribution is -2.36. The van der Waals surface area contributed by atoms with Gasteiger partial charge in [0.2, 0.25) is 5.89 Å². The molecule has 1 atom stereocenters. The predicted octanol–water partition coefficient (Wildman–Crippen LogP) is 0.967. The summed E-state index contributed by atoms with van der Waals surface area (Å²) >= 11 is 0. The highest BCUT2D eigenvalue weighted by atomic mass is 16.5. The second-order valence-electron chi connectivity index (χ2n) is 4.20.